The van der Waals surface area contributed by atoms with E-state index in [0.29, 0.717) is 4.99 Å². The third-order valence-electron chi connectivity index (χ3n) is 2.31. The number of aromatic amines is 1. The van der Waals surface area contributed by atoms with E-state index in [1.165, 1.54) is 10.9 Å². The maximum Gasteiger partial charge on any atom is 0.347 e. The van der Waals surface area contributed by atoms with Crippen molar-refractivity contribution in [3.63, 3.8) is 0 Å². The highest BCUT2D eigenvalue weighted by Gasteiger charge is 2.06. The summed E-state index contributed by atoms with van der Waals surface area (Å²) in [6.07, 6.45) is 1.42. The third-order valence-corrected chi connectivity index (χ3v) is 2.54. The zero-order chi connectivity index (χ0) is 11.7. The maximum atomic E-state index is 11.4. The highest BCUT2D eigenvalue weighted by atomic mass is 32.1. The number of aryl methyl sites for hydroxylation is 1. The predicted octanol–water partition coefficient (Wildman–Crippen LogP) is 0.503. The quantitative estimate of drug-likeness (QED) is 0.742. The van der Waals surface area contributed by atoms with E-state index in [-0.39, 0.29) is 5.69 Å². The van der Waals surface area contributed by atoms with E-state index in [1.54, 1.807) is 6.07 Å². The van der Waals surface area contributed by atoms with Crippen LogP contribution in [-0.4, -0.2) is 19.8 Å². The van der Waals surface area contributed by atoms with Crippen LogP contribution in [0.3, 0.4) is 0 Å². The number of nitrogens with one attached hydrogen (secondary N) is 1. The fourth-order valence-corrected chi connectivity index (χ4v) is 1.57. The van der Waals surface area contributed by atoms with Gasteiger partial charge in [-0.15, -0.1) is 0 Å². The van der Waals surface area contributed by atoms with Crippen molar-refractivity contribution in [1.29, 1.82) is 0 Å². The molecule has 0 fully saturated rings. The van der Waals surface area contributed by atoms with E-state index < -0.39 is 0 Å². The number of benzene rings is 1. The SMILES string of the molecule is Cc1ccc(C(N)=S)cc1-n1cn[nH]c1=O. The van der Waals surface area contributed by atoms with Crippen LogP contribution in [0.15, 0.2) is 29.3 Å². The Morgan fingerprint density at radius 3 is 2.88 bits per heavy atom. The lowest BCUT2D eigenvalue weighted by Crippen LogP contribution is -2.16. The van der Waals surface area contributed by atoms with Gasteiger partial charge < -0.3 is 5.73 Å². The lowest BCUT2D eigenvalue weighted by atomic mass is 10.1. The van der Waals surface area contributed by atoms with E-state index >= 15 is 0 Å². The van der Waals surface area contributed by atoms with E-state index in [4.69, 9.17) is 18.0 Å². The molecule has 1 aromatic heterocycles. The van der Waals surface area contributed by atoms with Gasteiger partial charge in [-0.1, -0.05) is 24.4 Å². The van der Waals surface area contributed by atoms with Crippen molar-refractivity contribution in [3.05, 3.63) is 46.1 Å². The molecule has 0 saturated heterocycles. The zero-order valence-corrected chi connectivity index (χ0v) is 9.41. The molecular formula is C10H10N4OS. The molecule has 1 aromatic carbocycles. The second-order valence-electron chi connectivity index (χ2n) is 3.40. The minimum atomic E-state index is -0.289. The fraction of sp³-hybridized carbons (Fsp3) is 0.100. The van der Waals surface area contributed by atoms with Gasteiger partial charge in [0, 0.05) is 5.56 Å². The number of nitrogens with zero attached hydrogens (tertiary/aromatic N) is 2. The first-order valence-electron chi connectivity index (χ1n) is 4.62. The molecule has 0 bridgehead atoms. The molecule has 0 atom stereocenters. The van der Waals surface area contributed by atoms with E-state index in [2.05, 4.69) is 10.2 Å². The highest BCUT2D eigenvalue weighted by molar-refractivity contribution is 7.80. The summed E-state index contributed by atoms with van der Waals surface area (Å²) in [4.78, 5) is 11.7. The van der Waals surface area contributed by atoms with Gasteiger partial charge in [0.2, 0.25) is 0 Å². The summed E-state index contributed by atoms with van der Waals surface area (Å²) in [5, 5.41) is 6.01. The molecule has 2 aromatic rings. The van der Waals surface area contributed by atoms with Crippen molar-refractivity contribution in [3.8, 4) is 5.69 Å². The molecule has 0 saturated carbocycles. The second kappa shape index (κ2) is 3.90. The first kappa shape index (κ1) is 10.6. The summed E-state index contributed by atoms with van der Waals surface area (Å²) in [5.41, 5.74) is 7.66. The monoisotopic (exact) mass is 234 g/mol. The molecule has 6 heteroatoms. The van der Waals surface area contributed by atoms with Gasteiger partial charge in [0.15, 0.2) is 0 Å². The first-order valence-corrected chi connectivity index (χ1v) is 5.03. The molecule has 0 aliphatic carbocycles. The Morgan fingerprint density at radius 1 is 1.56 bits per heavy atom. The topological polar surface area (TPSA) is 76.7 Å². The van der Waals surface area contributed by atoms with Crippen LogP contribution < -0.4 is 11.4 Å². The number of aromatic nitrogens is 3. The molecule has 0 aliphatic rings. The van der Waals surface area contributed by atoms with Crippen molar-refractivity contribution in [2.75, 3.05) is 0 Å². The van der Waals surface area contributed by atoms with Gasteiger partial charge in [-0.05, 0) is 18.6 Å². The van der Waals surface area contributed by atoms with Gasteiger partial charge in [0.05, 0.1) is 5.69 Å². The molecule has 0 radical (unpaired) electrons. The second-order valence-corrected chi connectivity index (χ2v) is 3.84. The van der Waals surface area contributed by atoms with E-state index in [9.17, 15) is 4.79 Å². The summed E-state index contributed by atoms with van der Waals surface area (Å²) in [5.74, 6) is 0. The van der Waals surface area contributed by atoms with Crippen LogP contribution in [0.1, 0.15) is 11.1 Å². The minimum Gasteiger partial charge on any atom is -0.389 e. The molecule has 16 heavy (non-hydrogen) atoms. The van der Waals surface area contributed by atoms with E-state index in [0.717, 1.165) is 16.8 Å². The summed E-state index contributed by atoms with van der Waals surface area (Å²) in [7, 11) is 0. The van der Waals surface area contributed by atoms with Crippen LogP contribution in [0.2, 0.25) is 0 Å². The Balaban J connectivity index is 2.65. The van der Waals surface area contributed by atoms with Crippen LogP contribution in [0, 0.1) is 6.92 Å². The number of rotatable bonds is 2. The first-order chi connectivity index (χ1) is 7.59. The fourth-order valence-electron chi connectivity index (χ4n) is 1.44. The standard InChI is InChI=1S/C10H10N4OS/c1-6-2-3-7(9(11)16)4-8(6)14-5-12-13-10(14)15/h2-5H,1H3,(H2,11,16)(H,13,15). The molecule has 0 unspecified atom stereocenters. The molecular weight excluding hydrogens is 224 g/mol. The van der Waals surface area contributed by atoms with Crippen molar-refractivity contribution in [1.82, 2.24) is 14.8 Å². The van der Waals surface area contributed by atoms with Gasteiger partial charge >= 0.3 is 5.69 Å². The van der Waals surface area contributed by atoms with Crippen LogP contribution >= 0.6 is 12.2 Å². The number of hydrogen-bond donors (Lipinski definition) is 2. The zero-order valence-electron chi connectivity index (χ0n) is 8.60. The number of thiocarbonyl (C=S) groups is 1. The largest absolute Gasteiger partial charge is 0.389 e. The van der Waals surface area contributed by atoms with Gasteiger partial charge in [0.1, 0.15) is 11.3 Å². The molecule has 2 rings (SSSR count). The number of nitrogens with two attached hydrogens (primary N) is 1. The van der Waals surface area contributed by atoms with Crippen molar-refractivity contribution in [2.24, 2.45) is 5.73 Å². The molecule has 3 N–H and O–H groups in total. The Labute approximate surface area is 96.9 Å². The summed E-state index contributed by atoms with van der Waals surface area (Å²) >= 11 is 4.89. The third kappa shape index (κ3) is 1.74. The Hall–Kier alpha value is -1.95. The van der Waals surface area contributed by atoms with Gasteiger partial charge in [0.25, 0.3) is 0 Å². The van der Waals surface area contributed by atoms with Crippen molar-refractivity contribution >= 4 is 17.2 Å². The van der Waals surface area contributed by atoms with Gasteiger partial charge in [-0.2, -0.15) is 5.10 Å². The summed E-state index contributed by atoms with van der Waals surface area (Å²) in [6, 6.07) is 5.46. The smallest absolute Gasteiger partial charge is 0.347 e. The molecule has 0 aliphatic heterocycles. The van der Waals surface area contributed by atoms with Crippen molar-refractivity contribution < 1.29 is 0 Å². The Bertz CT molecular complexity index is 599. The predicted molar refractivity (Wildman–Crippen MR) is 64.8 cm³/mol. The molecule has 0 amide bonds. The molecule has 5 nitrogen and oxygen atoms in total. The Morgan fingerprint density at radius 2 is 2.31 bits per heavy atom. The summed E-state index contributed by atoms with van der Waals surface area (Å²) < 4.78 is 1.41. The van der Waals surface area contributed by atoms with Gasteiger partial charge in [-0.25, -0.2) is 14.5 Å². The highest BCUT2D eigenvalue weighted by Crippen LogP contribution is 2.14. The van der Waals surface area contributed by atoms with Crippen molar-refractivity contribution in [2.45, 2.75) is 6.92 Å². The van der Waals surface area contributed by atoms with Gasteiger partial charge in [-0.3, -0.25) is 0 Å². The normalized spacial score (nSPS) is 10.3. The van der Waals surface area contributed by atoms with Crippen LogP contribution in [-0.2, 0) is 0 Å². The van der Waals surface area contributed by atoms with Crippen LogP contribution in [0.4, 0.5) is 0 Å². The Kier molecular flexibility index (Phi) is 2.57. The number of H-pyrrole nitrogens is 1. The van der Waals surface area contributed by atoms with Crippen LogP contribution in [0.5, 0.6) is 0 Å². The minimum absolute atomic E-state index is 0.289. The maximum absolute atomic E-state index is 11.4. The molecule has 0 spiro atoms. The van der Waals surface area contributed by atoms with Crippen LogP contribution in [0.25, 0.3) is 5.69 Å². The molecule has 1 heterocycles. The number of hydrogen-bond acceptors (Lipinski definition) is 3. The van der Waals surface area contributed by atoms with E-state index in [1.807, 2.05) is 19.1 Å². The average molecular weight is 234 g/mol. The lowest BCUT2D eigenvalue weighted by molar-refractivity contribution is 0.972. The lowest BCUT2D eigenvalue weighted by Gasteiger charge is -2.07. The summed E-state index contributed by atoms with van der Waals surface area (Å²) in [6.45, 7) is 1.90. The average Bonchev–Trinajstić information content (AvgIpc) is 2.65. The molecule has 82 valence electrons.